The Morgan fingerprint density at radius 3 is 2.46 bits per heavy atom. The van der Waals surface area contributed by atoms with Gasteiger partial charge in [0.1, 0.15) is 11.6 Å². The largest absolute Gasteiger partial charge is 0.416 e. The first-order valence-electron chi connectivity index (χ1n) is 7.51. The standard InChI is InChI=1S/C18H12F5N3/c19-14-3-1-2-11(6-14)10-25-17-9-13(18(21,22)23)8-15(26-17)12-4-5-24-16(20)7-12/h1-9H,10H2,(H,25,26). The van der Waals surface area contributed by atoms with Crippen molar-refractivity contribution in [1.82, 2.24) is 9.97 Å². The summed E-state index contributed by atoms with van der Waals surface area (Å²) in [5.74, 6) is -1.33. The fourth-order valence-electron chi connectivity index (χ4n) is 2.33. The predicted molar refractivity (Wildman–Crippen MR) is 86.2 cm³/mol. The lowest BCUT2D eigenvalue weighted by Gasteiger charge is -2.13. The molecule has 134 valence electrons. The number of nitrogens with one attached hydrogen (secondary N) is 1. The molecule has 2 aromatic heterocycles. The molecule has 1 N–H and O–H groups in total. The predicted octanol–water partition coefficient (Wildman–Crippen LogP) is 5.05. The molecule has 0 radical (unpaired) electrons. The van der Waals surface area contributed by atoms with E-state index in [2.05, 4.69) is 15.3 Å². The van der Waals surface area contributed by atoms with Crippen molar-refractivity contribution in [2.75, 3.05) is 5.32 Å². The Balaban J connectivity index is 1.95. The molecule has 3 aromatic rings. The third-order valence-electron chi connectivity index (χ3n) is 3.54. The number of aromatic nitrogens is 2. The second-order valence-corrected chi connectivity index (χ2v) is 5.47. The second-order valence-electron chi connectivity index (χ2n) is 5.47. The normalized spacial score (nSPS) is 11.4. The lowest BCUT2D eigenvalue weighted by molar-refractivity contribution is -0.137. The molecule has 0 spiro atoms. The summed E-state index contributed by atoms with van der Waals surface area (Å²) in [4.78, 5) is 7.47. The summed E-state index contributed by atoms with van der Waals surface area (Å²) in [6.07, 6.45) is -3.45. The molecular formula is C18H12F5N3. The molecule has 0 unspecified atom stereocenters. The van der Waals surface area contributed by atoms with Gasteiger partial charge in [-0.05, 0) is 35.9 Å². The second kappa shape index (κ2) is 7.07. The first-order chi connectivity index (χ1) is 12.3. The zero-order valence-electron chi connectivity index (χ0n) is 13.2. The highest BCUT2D eigenvalue weighted by Gasteiger charge is 2.31. The summed E-state index contributed by atoms with van der Waals surface area (Å²) in [6, 6.07) is 9.70. The van der Waals surface area contributed by atoms with E-state index >= 15 is 0 Å². The molecule has 26 heavy (non-hydrogen) atoms. The molecule has 0 bridgehead atoms. The SMILES string of the molecule is Fc1cccc(CNc2cc(C(F)(F)F)cc(-c3ccnc(F)c3)n2)c1. The Labute approximate surface area is 145 Å². The van der Waals surface area contributed by atoms with E-state index in [1.165, 1.54) is 24.3 Å². The van der Waals surface area contributed by atoms with E-state index in [0.29, 0.717) is 5.56 Å². The number of anilines is 1. The van der Waals surface area contributed by atoms with Crippen LogP contribution < -0.4 is 5.32 Å². The Morgan fingerprint density at radius 2 is 1.77 bits per heavy atom. The van der Waals surface area contributed by atoms with Crippen LogP contribution in [0.2, 0.25) is 0 Å². The highest BCUT2D eigenvalue weighted by atomic mass is 19.4. The van der Waals surface area contributed by atoms with Crippen LogP contribution in [0.25, 0.3) is 11.3 Å². The van der Waals surface area contributed by atoms with Crippen LogP contribution in [0, 0.1) is 11.8 Å². The quantitative estimate of drug-likeness (QED) is 0.519. The van der Waals surface area contributed by atoms with Crippen LogP contribution >= 0.6 is 0 Å². The van der Waals surface area contributed by atoms with Crippen LogP contribution in [0.5, 0.6) is 0 Å². The van der Waals surface area contributed by atoms with Crippen molar-refractivity contribution in [3.05, 3.63) is 77.6 Å². The molecule has 0 aliphatic rings. The van der Waals surface area contributed by atoms with Gasteiger partial charge in [-0.3, -0.25) is 0 Å². The lowest BCUT2D eigenvalue weighted by atomic mass is 10.1. The number of hydrogen-bond donors (Lipinski definition) is 1. The van der Waals surface area contributed by atoms with Crippen LogP contribution in [-0.4, -0.2) is 9.97 Å². The Kier molecular flexibility index (Phi) is 4.83. The first-order valence-corrected chi connectivity index (χ1v) is 7.51. The molecule has 3 rings (SSSR count). The molecular weight excluding hydrogens is 353 g/mol. The van der Waals surface area contributed by atoms with Gasteiger partial charge in [-0.15, -0.1) is 0 Å². The van der Waals surface area contributed by atoms with E-state index in [1.807, 2.05) is 0 Å². The Morgan fingerprint density at radius 1 is 0.962 bits per heavy atom. The minimum atomic E-state index is -4.60. The average Bonchev–Trinajstić information content (AvgIpc) is 2.59. The number of alkyl halides is 3. The molecule has 1 aromatic carbocycles. The molecule has 0 saturated heterocycles. The van der Waals surface area contributed by atoms with E-state index in [-0.39, 0.29) is 23.6 Å². The van der Waals surface area contributed by atoms with Crippen molar-refractivity contribution in [3.8, 4) is 11.3 Å². The van der Waals surface area contributed by atoms with E-state index < -0.39 is 23.5 Å². The monoisotopic (exact) mass is 365 g/mol. The minimum Gasteiger partial charge on any atom is -0.366 e. The molecule has 0 aliphatic heterocycles. The summed E-state index contributed by atoms with van der Waals surface area (Å²) < 4.78 is 66.0. The maximum atomic E-state index is 13.3. The molecule has 0 aliphatic carbocycles. The number of halogens is 5. The molecule has 2 heterocycles. The van der Waals surface area contributed by atoms with Crippen molar-refractivity contribution >= 4 is 5.82 Å². The topological polar surface area (TPSA) is 37.8 Å². The number of pyridine rings is 2. The Bertz CT molecular complexity index is 925. The van der Waals surface area contributed by atoms with E-state index in [4.69, 9.17) is 0 Å². The van der Waals surface area contributed by atoms with Gasteiger partial charge in [0.05, 0.1) is 11.3 Å². The zero-order chi connectivity index (χ0) is 18.7. The summed E-state index contributed by atoms with van der Waals surface area (Å²) in [5, 5.41) is 2.74. The van der Waals surface area contributed by atoms with Gasteiger partial charge in [0.2, 0.25) is 5.95 Å². The molecule has 8 heteroatoms. The smallest absolute Gasteiger partial charge is 0.366 e. The average molecular weight is 365 g/mol. The van der Waals surface area contributed by atoms with Gasteiger partial charge in [0.25, 0.3) is 0 Å². The summed E-state index contributed by atoms with van der Waals surface area (Å²) in [6.45, 7) is 0.0796. The van der Waals surface area contributed by atoms with Crippen LogP contribution in [0.4, 0.5) is 27.8 Å². The van der Waals surface area contributed by atoms with Crippen molar-refractivity contribution in [2.24, 2.45) is 0 Å². The lowest BCUT2D eigenvalue weighted by Crippen LogP contribution is -2.09. The summed E-state index contributed by atoms with van der Waals surface area (Å²) in [7, 11) is 0. The third-order valence-corrected chi connectivity index (χ3v) is 3.54. The van der Waals surface area contributed by atoms with Gasteiger partial charge in [-0.25, -0.2) is 14.4 Å². The van der Waals surface area contributed by atoms with Gasteiger partial charge in [-0.2, -0.15) is 17.6 Å². The first kappa shape index (κ1) is 17.8. The van der Waals surface area contributed by atoms with Crippen LogP contribution in [0.3, 0.4) is 0 Å². The Hall–Kier alpha value is -3.03. The molecule has 0 amide bonds. The van der Waals surface area contributed by atoms with Gasteiger partial charge >= 0.3 is 6.18 Å². The van der Waals surface area contributed by atoms with Crippen LogP contribution in [0.1, 0.15) is 11.1 Å². The minimum absolute atomic E-state index is 0.0529. The molecule has 0 atom stereocenters. The van der Waals surface area contributed by atoms with E-state index in [9.17, 15) is 22.0 Å². The van der Waals surface area contributed by atoms with Gasteiger partial charge in [-0.1, -0.05) is 12.1 Å². The molecule has 3 nitrogen and oxygen atoms in total. The number of benzene rings is 1. The highest BCUT2D eigenvalue weighted by Crippen LogP contribution is 2.33. The molecule has 0 fully saturated rings. The van der Waals surface area contributed by atoms with Crippen molar-refractivity contribution < 1.29 is 22.0 Å². The van der Waals surface area contributed by atoms with Crippen molar-refractivity contribution in [3.63, 3.8) is 0 Å². The van der Waals surface area contributed by atoms with Crippen LogP contribution in [0.15, 0.2) is 54.7 Å². The van der Waals surface area contributed by atoms with Crippen molar-refractivity contribution in [1.29, 1.82) is 0 Å². The summed E-state index contributed by atoms with van der Waals surface area (Å²) >= 11 is 0. The van der Waals surface area contributed by atoms with E-state index in [0.717, 1.165) is 24.4 Å². The third kappa shape index (κ3) is 4.33. The molecule has 0 saturated carbocycles. The maximum absolute atomic E-state index is 13.3. The number of nitrogens with zero attached hydrogens (tertiary/aromatic N) is 2. The number of hydrogen-bond acceptors (Lipinski definition) is 3. The number of rotatable bonds is 4. The highest BCUT2D eigenvalue weighted by molar-refractivity contribution is 5.62. The van der Waals surface area contributed by atoms with Crippen LogP contribution in [-0.2, 0) is 12.7 Å². The van der Waals surface area contributed by atoms with Crippen molar-refractivity contribution in [2.45, 2.75) is 12.7 Å². The van der Waals surface area contributed by atoms with Gasteiger partial charge in [0.15, 0.2) is 0 Å². The maximum Gasteiger partial charge on any atom is 0.416 e. The van der Waals surface area contributed by atoms with Gasteiger partial charge < -0.3 is 5.32 Å². The summed E-state index contributed by atoms with van der Waals surface area (Å²) in [5.41, 5.74) is -0.276. The fourth-order valence-corrected chi connectivity index (χ4v) is 2.33. The van der Waals surface area contributed by atoms with E-state index in [1.54, 1.807) is 6.07 Å². The fraction of sp³-hybridized carbons (Fsp3) is 0.111. The van der Waals surface area contributed by atoms with Gasteiger partial charge in [0, 0.05) is 24.4 Å². The zero-order valence-corrected chi connectivity index (χ0v) is 13.2.